The van der Waals surface area contributed by atoms with Gasteiger partial charge in [0.05, 0.1) is 17.2 Å². The van der Waals surface area contributed by atoms with Crippen LogP contribution in [0.15, 0.2) is 47.2 Å². The molecule has 1 aliphatic heterocycles. The third-order valence-electron chi connectivity index (χ3n) is 4.70. The molecule has 0 bridgehead atoms. The molecule has 27 heavy (non-hydrogen) atoms. The largest absolute Gasteiger partial charge is 0.370 e. The molecule has 1 saturated heterocycles. The van der Waals surface area contributed by atoms with Crippen molar-refractivity contribution in [2.45, 2.75) is 18.8 Å². The van der Waals surface area contributed by atoms with Gasteiger partial charge in [0.1, 0.15) is 5.82 Å². The van der Waals surface area contributed by atoms with Crippen LogP contribution in [0.4, 0.5) is 10.1 Å². The zero-order valence-corrected chi connectivity index (χ0v) is 14.5. The van der Waals surface area contributed by atoms with E-state index in [0.717, 1.165) is 25.1 Å². The van der Waals surface area contributed by atoms with Gasteiger partial charge in [-0.15, -0.1) is 0 Å². The Morgan fingerprint density at radius 3 is 3.04 bits per heavy atom. The van der Waals surface area contributed by atoms with Gasteiger partial charge in [-0.2, -0.15) is 4.98 Å². The van der Waals surface area contributed by atoms with Crippen LogP contribution in [0.5, 0.6) is 0 Å². The number of carbonyl (C=O) groups is 1. The third kappa shape index (κ3) is 3.51. The molecule has 1 fully saturated rings. The predicted octanol–water partition coefficient (Wildman–Crippen LogP) is 2.75. The quantitative estimate of drug-likeness (QED) is 0.761. The molecule has 0 saturated carbocycles. The number of anilines is 1. The van der Waals surface area contributed by atoms with Gasteiger partial charge in [0, 0.05) is 31.0 Å². The maximum Gasteiger partial charge on any atom is 0.252 e. The van der Waals surface area contributed by atoms with Crippen LogP contribution < -0.4 is 10.6 Å². The van der Waals surface area contributed by atoms with Gasteiger partial charge in [0.2, 0.25) is 11.7 Å². The fourth-order valence-corrected chi connectivity index (χ4v) is 3.40. The predicted molar refractivity (Wildman–Crippen MR) is 96.6 cm³/mol. The standard InChI is InChI=1S/C19H18FN5O2/c20-14-5-1-3-12(9-14)18-23-19(27-24-18)13-4-2-8-25(11-13)16-6-7-22-10-15(16)17(21)26/h1,3,5-7,9-10,13H,2,4,8,11H2,(H2,21,26). The van der Waals surface area contributed by atoms with Crippen LogP contribution in [-0.2, 0) is 0 Å². The number of hydrogen-bond donors (Lipinski definition) is 1. The molecule has 2 N–H and O–H groups in total. The van der Waals surface area contributed by atoms with Crippen LogP contribution >= 0.6 is 0 Å². The van der Waals surface area contributed by atoms with E-state index in [1.54, 1.807) is 24.4 Å². The van der Waals surface area contributed by atoms with Gasteiger partial charge in [0.15, 0.2) is 0 Å². The molecule has 4 rings (SSSR count). The Bertz CT molecular complexity index is 974. The summed E-state index contributed by atoms with van der Waals surface area (Å²) in [6.45, 7) is 1.42. The molecule has 0 spiro atoms. The zero-order valence-electron chi connectivity index (χ0n) is 14.5. The van der Waals surface area contributed by atoms with Gasteiger partial charge in [0.25, 0.3) is 5.91 Å². The fourth-order valence-electron chi connectivity index (χ4n) is 3.40. The SMILES string of the molecule is NC(=O)c1cnccc1N1CCCC(c2nc(-c3cccc(F)c3)no2)C1. The molecule has 0 radical (unpaired) electrons. The number of halogens is 1. The molecule has 3 heterocycles. The summed E-state index contributed by atoms with van der Waals surface area (Å²) in [5.41, 5.74) is 7.19. The number of primary amides is 1. The summed E-state index contributed by atoms with van der Waals surface area (Å²) in [4.78, 5) is 22.2. The van der Waals surface area contributed by atoms with E-state index in [-0.39, 0.29) is 11.7 Å². The van der Waals surface area contributed by atoms with E-state index in [1.165, 1.54) is 18.3 Å². The average Bonchev–Trinajstić information content (AvgIpc) is 3.18. The molecule has 1 unspecified atom stereocenters. The molecular weight excluding hydrogens is 349 g/mol. The maximum atomic E-state index is 13.4. The van der Waals surface area contributed by atoms with Crippen LogP contribution in [0.2, 0.25) is 0 Å². The molecule has 3 aromatic rings. The van der Waals surface area contributed by atoms with Gasteiger partial charge in [-0.1, -0.05) is 17.3 Å². The van der Waals surface area contributed by atoms with Crippen molar-refractivity contribution in [1.82, 2.24) is 15.1 Å². The Kier molecular flexibility index (Phi) is 4.53. The van der Waals surface area contributed by atoms with Crippen molar-refractivity contribution >= 4 is 11.6 Å². The first kappa shape index (κ1) is 17.1. The normalized spacial score (nSPS) is 17.1. The van der Waals surface area contributed by atoms with Gasteiger partial charge >= 0.3 is 0 Å². The van der Waals surface area contributed by atoms with Crippen molar-refractivity contribution in [3.05, 3.63) is 60.0 Å². The lowest BCUT2D eigenvalue weighted by Gasteiger charge is -2.33. The first-order valence-electron chi connectivity index (χ1n) is 8.70. The number of nitrogens with two attached hydrogens (primary N) is 1. The second kappa shape index (κ2) is 7.14. The molecular formula is C19H18FN5O2. The highest BCUT2D eigenvalue weighted by molar-refractivity contribution is 5.98. The molecule has 1 atom stereocenters. The van der Waals surface area contributed by atoms with Gasteiger partial charge in [-0.3, -0.25) is 9.78 Å². The number of carbonyl (C=O) groups excluding carboxylic acids is 1. The summed E-state index contributed by atoms with van der Waals surface area (Å²) >= 11 is 0. The number of hydrogen-bond acceptors (Lipinski definition) is 6. The summed E-state index contributed by atoms with van der Waals surface area (Å²) < 4.78 is 18.9. The lowest BCUT2D eigenvalue weighted by molar-refractivity contribution is 0.100. The topological polar surface area (TPSA) is 98.1 Å². The van der Waals surface area contributed by atoms with Crippen molar-refractivity contribution in [2.24, 2.45) is 5.73 Å². The molecule has 0 aliphatic carbocycles. The van der Waals surface area contributed by atoms with Crippen LogP contribution in [0.25, 0.3) is 11.4 Å². The zero-order chi connectivity index (χ0) is 18.8. The lowest BCUT2D eigenvalue weighted by atomic mass is 9.97. The summed E-state index contributed by atoms with van der Waals surface area (Å²) in [6.07, 6.45) is 4.91. The minimum Gasteiger partial charge on any atom is -0.370 e. The van der Waals surface area contributed by atoms with E-state index < -0.39 is 5.91 Å². The number of aromatic nitrogens is 3. The Morgan fingerprint density at radius 1 is 1.33 bits per heavy atom. The Balaban J connectivity index is 1.57. The van der Waals surface area contributed by atoms with Crippen LogP contribution in [0.3, 0.4) is 0 Å². The Labute approximate surface area is 155 Å². The summed E-state index contributed by atoms with van der Waals surface area (Å²) in [5.74, 6) is 0.0326. The molecule has 1 aliphatic rings. The van der Waals surface area contributed by atoms with Crippen molar-refractivity contribution < 1.29 is 13.7 Å². The number of piperidine rings is 1. The van der Waals surface area contributed by atoms with Crippen LogP contribution in [0.1, 0.15) is 35.0 Å². The van der Waals surface area contributed by atoms with Gasteiger partial charge in [-0.25, -0.2) is 4.39 Å². The van der Waals surface area contributed by atoms with E-state index in [0.29, 0.717) is 29.4 Å². The van der Waals surface area contributed by atoms with E-state index in [9.17, 15) is 9.18 Å². The molecule has 7 nitrogen and oxygen atoms in total. The monoisotopic (exact) mass is 367 g/mol. The fraction of sp³-hybridized carbons (Fsp3) is 0.263. The van der Waals surface area contributed by atoms with Crippen molar-refractivity contribution in [1.29, 1.82) is 0 Å². The highest BCUT2D eigenvalue weighted by Gasteiger charge is 2.28. The lowest BCUT2D eigenvalue weighted by Crippen LogP contribution is -2.36. The van der Waals surface area contributed by atoms with Crippen molar-refractivity contribution in [3.8, 4) is 11.4 Å². The molecule has 8 heteroatoms. The van der Waals surface area contributed by atoms with E-state index in [4.69, 9.17) is 10.3 Å². The first-order chi connectivity index (χ1) is 13.1. The minimum atomic E-state index is -0.508. The second-order valence-electron chi connectivity index (χ2n) is 6.51. The summed E-state index contributed by atoms with van der Waals surface area (Å²) in [7, 11) is 0. The second-order valence-corrected chi connectivity index (χ2v) is 6.51. The Morgan fingerprint density at radius 2 is 2.22 bits per heavy atom. The third-order valence-corrected chi connectivity index (χ3v) is 4.70. The number of amides is 1. The van der Waals surface area contributed by atoms with Crippen molar-refractivity contribution in [2.75, 3.05) is 18.0 Å². The molecule has 2 aromatic heterocycles. The number of nitrogens with zero attached hydrogens (tertiary/aromatic N) is 4. The number of pyridine rings is 1. The summed E-state index contributed by atoms with van der Waals surface area (Å²) in [6, 6.07) is 7.87. The molecule has 1 aromatic carbocycles. The van der Waals surface area contributed by atoms with Crippen LogP contribution in [-0.4, -0.2) is 34.1 Å². The Hall–Kier alpha value is -3.29. The van der Waals surface area contributed by atoms with E-state index >= 15 is 0 Å². The van der Waals surface area contributed by atoms with Crippen LogP contribution in [0, 0.1) is 5.82 Å². The average molecular weight is 367 g/mol. The highest BCUT2D eigenvalue weighted by atomic mass is 19.1. The molecule has 1 amide bonds. The molecule has 138 valence electrons. The highest BCUT2D eigenvalue weighted by Crippen LogP contribution is 2.31. The first-order valence-corrected chi connectivity index (χ1v) is 8.70. The number of benzene rings is 1. The minimum absolute atomic E-state index is 0.0162. The maximum absolute atomic E-state index is 13.4. The smallest absolute Gasteiger partial charge is 0.252 e. The summed E-state index contributed by atoms with van der Waals surface area (Å²) in [5, 5.41) is 3.99. The van der Waals surface area contributed by atoms with E-state index in [1.807, 2.05) is 0 Å². The number of rotatable bonds is 4. The van der Waals surface area contributed by atoms with Gasteiger partial charge < -0.3 is 15.2 Å². The van der Waals surface area contributed by atoms with Crippen molar-refractivity contribution in [3.63, 3.8) is 0 Å². The van der Waals surface area contributed by atoms with Gasteiger partial charge in [-0.05, 0) is 31.0 Å². The van der Waals surface area contributed by atoms with E-state index in [2.05, 4.69) is 20.0 Å².